The van der Waals surface area contributed by atoms with Crippen LogP contribution in [0.4, 0.5) is 0 Å². The van der Waals surface area contributed by atoms with Crippen LogP contribution in [-0.4, -0.2) is 37.2 Å². The molecule has 3 heteroatoms. The minimum absolute atomic E-state index is 0.623. The highest BCUT2D eigenvalue weighted by Gasteiger charge is 2.32. The van der Waals surface area contributed by atoms with E-state index in [9.17, 15) is 0 Å². The minimum atomic E-state index is 0.623. The van der Waals surface area contributed by atoms with Crippen LogP contribution in [0.3, 0.4) is 0 Å². The summed E-state index contributed by atoms with van der Waals surface area (Å²) in [6.07, 6.45) is 4.57. The van der Waals surface area contributed by atoms with Crippen LogP contribution in [0.5, 0.6) is 0 Å². The Morgan fingerprint density at radius 1 is 1.29 bits per heavy atom. The van der Waals surface area contributed by atoms with Crippen LogP contribution < -0.4 is 0 Å². The van der Waals surface area contributed by atoms with Gasteiger partial charge in [0.2, 0.25) is 0 Å². The summed E-state index contributed by atoms with van der Waals surface area (Å²) < 4.78 is 5.35. The number of nitriles is 1. The van der Waals surface area contributed by atoms with Gasteiger partial charge in [-0.25, -0.2) is 0 Å². The Hall–Kier alpha value is -0.590. The molecule has 2 atom stereocenters. The summed E-state index contributed by atoms with van der Waals surface area (Å²) in [5.74, 6) is 0.623. The van der Waals surface area contributed by atoms with E-state index in [4.69, 9.17) is 10.00 Å². The van der Waals surface area contributed by atoms with Gasteiger partial charge in [-0.15, -0.1) is 0 Å². The molecule has 2 fully saturated rings. The fraction of sp³-hybridized carbons (Fsp3) is 0.909. The first-order valence-electron chi connectivity index (χ1n) is 5.60. The lowest BCUT2D eigenvalue weighted by Gasteiger charge is -2.35. The molecule has 0 amide bonds. The zero-order valence-corrected chi connectivity index (χ0v) is 8.61. The zero-order valence-electron chi connectivity index (χ0n) is 8.61. The summed E-state index contributed by atoms with van der Waals surface area (Å²) in [6.45, 7) is 3.87. The van der Waals surface area contributed by atoms with Crippen LogP contribution in [0.25, 0.3) is 0 Å². The first-order chi connectivity index (χ1) is 6.92. The Balaban J connectivity index is 1.91. The summed E-state index contributed by atoms with van der Waals surface area (Å²) in [6, 6.07) is 2.99. The maximum atomic E-state index is 8.75. The van der Waals surface area contributed by atoms with E-state index < -0.39 is 0 Å². The molecule has 0 radical (unpaired) electrons. The predicted molar refractivity (Wildman–Crippen MR) is 53.8 cm³/mol. The Morgan fingerprint density at radius 2 is 2.07 bits per heavy atom. The van der Waals surface area contributed by atoms with Crippen molar-refractivity contribution < 1.29 is 4.74 Å². The molecular formula is C11H18N2O. The maximum absolute atomic E-state index is 8.75. The van der Waals surface area contributed by atoms with Gasteiger partial charge in [0.15, 0.2) is 0 Å². The Morgan fingerprint density at radius 3 is 2.79 bits per heavy atom. The van der Waals surface area contributed by atoms with Gasteiger partial charge in [0.1, 0.15) is 0 Å². The fourth-order valence-electron chi connectivity index (χ4n) is 2.76. The summed E-state index contributed by atoms with van der Waals surface area (Å²) in [7, 11) is 0. The van der Waals surface area contributed by atoms with Crippen molar-refractivity contribution in [1.29, 1.82) is 5.26 Å². The second kappa shape index (κ2) is 4.77. The van der Waals surface area contributed by atoms with Crippen LogP contribution in [0.15, 0.2) is 0 Å². The minimum Gasteiger partial charge on any atom is -0.379 e. The molecule has 0 aromatic rings. The van der Waals surface area contributed by atoms with Crippen molar-refractivity contribution in [3.63, 3.8) is 0 Å². The summed E-state index contributed by atoms with van der Waals surface area (Å²) in [4.78, 5) is 2.53. The van der Waals surface area contributed by atoms with Crippen molar-refractivity contribution in [3.05, 3.63) is 0 Å². The highest BCUT2D eigenvalue weighted by molar-refractivity contribution is 4.91. The van der Waals surface area contributed by atoms with E-state index in [0.29, 0.717) is 12.0 Å². The van der Waals surface area contributed by atoms with Crippen molar-refractivity contribution in [2.45, 2.75) is 31.7 Å². The molecular weight excluding hydrogens is 176 g/mol. The van der Waals surface area contributed by atoms with E-state index in [1.54, 1.807) is 0 Å². The van der Waals surface area contributed by atoms with Gasteiger partial charge in [-0.1, -0.05) is 6.42 Å². The van der Waals surface area contributed by atoms with Gasteiger partial charge in [0.25, 0.3) is 0 Å². The first-order valence-corrected chi connectivity index (χ1v) is 5.60. The Labute approximate surface area is 85.6 Å². The zero-order chi connectivity index (χ0) is 9.80. The third-order valence-electron chi connectivity index (χ3n) is 3.49. The lowest BCUT2D eigenvalue weighted by molar-refractivity contribution is 0.00864. The smallest absolute Gasteiger partial charge is 0.0625 e. The monoisotopic (exact) mass is 194 g/mol. The van der Waals surface area contributed by atoms with Crippen molar-refractivity contribution in [3.8, 4) is 6.07 Å². The molecule has 1 heterocycles. The number of ether oxygens (including phenoxy) is 1. The molecule has 78 valence electrons. The fourth-order valence-corrected chi connectivity index (χ4v) is 2.76. The van der Waals surface area contributed by atoms with E-state index in [1.807, 2.05) is 0 Å². The highest BCUT2D eigenvalue weighted by Crippen LogP contribution is 2.32. The van der Waals surface area contributed by atoms with E-state index in [1.165, 1.54) is 19.3 Å². The van der Waals surface area contributed by atoms with Gasteiger partial charge in [-0.2, -0.15) is 5.26 Å². The average Bonchev–Trinajstić information content (AvgIpc) is 2.68. The molecule has 2 rings (SSSR count). The third-order valence-corrected chi connectivity index (χ3v) is 3.49. The van der Waals surface area contributed by atoms with Gasteiger partial charge >= 0.3 is 0 Å². The van der Waals surface area contributed by atoms with Crippen LogP contribution in [0, 0.1) is 17.2 Å². The van der Waals surface area contributed by atoms with Crippen LogP contribution in [0.2, 0.25) is 0 Å². The SMILES string of the molecule is N#CC[C@@H]1CCC[C@@H]1N1CCOCC1. The van der Waals surface area contributed by atoms with Crippen LogP contribution in [0.1, 0.15) is 25.7 Å². The topological polar surface area (TPSA) is 36.3 Å². The third kappa shape index (κ3) is 2.08. The molecule has 14 heavy (non-hydrogen) atoms. The average molecular weight is 194 g/mol. The van der Waals surface area contributed by atoms with Crippen molar-refractivity contribution in [1.82, 2.24) is 4.90 Å². The Kier molecular flexibility index (Phi) is 3.39. The summed E-state index contributed by atoms with van der Waals surface area (Å²) in [5, 5.41) is 8.75. The van der Waals surface area contributed by atoms with Crippen LogP contribution >= 0.6 is 0 Å². The van der Waals surface area contributed by atoms with Gasteiger partial charge in [0.05, 0.1) is 19.3 Å². The van der Waals surface area contributed by atoms with Gasteiger partial charge in [-0.3, -0.25) is 4.90 Å². The van der Waals surface area contributed by atoms with Gasteiger partial charge in [0, 0.05) is 25.6 Å². The number of hydrogen-bond acceptors (Lipinski definition) is 3. The quantitative estimate of drug-likeness (QED) is 0.666. The Bertz CT molecular complexity index is 218. The van der Waals surface area contributed by atoms with E-state index in [2.05, 4.69) is 11.0 Å². The molecule has 1 aliphatic carbocycles. The molecule has 0 aromatic heterocycles. The summed E-state index contributed by atoms with van der Waals surface area (Å²) >= 11 is 0. The predicted octanol–water partition coefficient (Wildman–Crippen LogP) is 1.40. The molecule has 0 N–H and O–H groups in total. The number of nitrogens with zero attached hydrogens (tertiary/aromatic N) is 2. The van der Waals surface area contributed by atoms with Gasteiger partial charge in [-0.05, 0) is 18.8 Å². The van der Waals surface area contributed by atoms with Crippen molar-refractivity contribution in [2.24, 2.45) is 5.92 Å². The second-order valence-electron chi connectivity index (χ2n) is 4.27. The normalized spacial score (nSPS) is 34.2. The number of morpholine rings is 1. The second-order valence-corrected chi connectivity index (χ2v) is 4.27. The van der Waals surface area contributed by atoms with E-state index in [0.717, 1.165) is 32.7 Å². The van der Waals surface area contributed by atoms with Crippen molar-refractivity contribution >= 4 is 0 Å². The molecule has 1 saturated heterocycles. The number of rotatable bonds is 2. The molecule has 1 saturated carbocycles. The van der Waals surface area contributed by atoms with E-state index in [-0.39, 0.29) is 0 Å². The lowest BCUT2D eigenvalue weighted by Crippen LogP contribution is -2.45. The maximum Gasteiger partial charge on any atom is 0.0625 e. The largest absolute Gasteiger partial charge is 0.379 e. The van der Waals surface area contributed by atoms with Crippen LogP contribution in [-0.2, 0) is 4.74 Å². The molecule has 0 unspecified atom stereocenters. The molecule has 2 aliphatic rings. The first kappa shape index (κ1) is 9.95. The molecule has 1 aliphatic heterocycles. The standard InChI is InChI=1S/C11H18N2O/c12-5-4-10-2-1-3-11(10)13-6-8-14-9-7-13/h10-11H,1-4,6-9H2/t10-,11-/m0/s1. The lowest BCUT2D eigenvalue weighted by atomic mass is 9.99. The molecule has 0 bridgehead atoms. The molecule has 3 nitrogen and oxygen atoms in total. The van der Waals surface area contributed by atoms with E-state index >= 15 is 0 Å². The highest BCUT2D eigenvalue weighted by atomic mass is 16.5. The summed E-state index contributed by atoms with van der Waals surface area (Å²) in [5.41, 5.74) is 0. The molecule has 0 spiro atoms. The van der Waals surface area contributed by atoms with Crippen molar-refractivity contribution in [2.75, 3.05) is 26.3 Å². The molecule has 0 aromatic carbocycles. The van der Waals surface area contributed by atoms with Gasteiger partial charge < -0.3 is 4.74 Å². The number of hydrogen-bond donors (Lipinski definition) is 0.